The van der Waals surface area contributed by atoms with E-state index in [9.17, 15) is 0 Å². The van der Waals surface area contributed by atoms with E-state index in [0.29, 0.717) is 0 Å². The molecule has 0 radical (unpaired) electrons. The van der Waals surface area contributed by atoms with Gasteiger partial charge in [-0.2, -0.15) is 0 Å². The van der Waals surface area contributed by atoms with Crippen LogP contribution in [-0.4, -0.2) is 18.3 Å². The third-order valence-corrected chi connectivity index (χ3v) is 2.54. The normalized spacial score (nSPS) is 12.7. The fraction of sp³-hybridized carbons (Fsp3) is 0.538. The van der Waals surface area contributed by atoms with Gasteiger partial charge in [0.2, 0.25) is 0 Å². The lowest BCUT2D eigenvalue weighted by Gasteiger charge is -2.18. The Bertz CT molecular complexity index is 268. The summed E-state index contributed by atoms with van der Waals surface area (Å²) >= 11 is 0. The second kappa shape index (κ2) is 6.59. The summed E-state index contributed by atoms with van der Waals surface area (Å²) in [5.41, 5.74) is 2.54. The Morgan fingerprint density at radius 1 is 1.27 bits per heavy atom. The summed E-state index contributed by atoms with van der Waals surface area (Å²) < 4.78 is 0. The van der Waals surface area contributed by atoms with Crippen molar-refractivity contribution in [3.05, 3.63) is 35.4 Å². The van der Waals surface area contributed by atoms with E-state index in [-0.39, 0.29) is 12.6 Å². The zero-order valence-electron chi connectivity index (χ0n) is 9.66. The van der Waals surface area contributed by atoms with E-state index in [1.807, 2.05) is 0 Å². The first-order chi connectivity index (χ1) is 7.27. The molecule has 1 atom stereocenters. The molecule has 0 fully saturated rings. The second-order valence-corrected chi connectivity index (χ2v) is 3.93. The zero-order valence-corrected chi connectivity index (χ0v) is 9.66. The van der Waals surface area contributed by atoms with Crippen molar-refractivity contribution in [2.24, 2.45) is 0 Å². The fourth-order valence-corrected chi connectivity index (χ4v) is 1.63. The lowest BCUT2D eigenvalue weighted by atomic mass is 10.0. The first-order valence-electron chi connectivity index (χ1n) is 5.68. The van der Waals surface area contributed by atoms with Gasteiger partial charge in [-0.05, 0) is 31.9 Å². The number of nitrogens with one attached hydrogen (secondary N) is 1. The maximum atomic E-state index is 9.01. The van der Waals surface area contributed by atoms with Crippen LogP contribution >= 0.6 is 0 Å². The highest BCUT2D eigenvalue weighted by atomic mass is 16.3. The van der Waals surface area contributed by atoms with E-state index in [1.54, 1.807) is 0 Å². The number of aryl methyl sites for hydroxylation is 1. The molecule has 0 aliphatic carbocycles. The molecule has 0 saturated heterocycles. The van der Waals surface area contributed by atoms with Gasteiger partial charge in [0.05, 0.1) is 0 Å². The van der Waals surface area contributed by atoms with Gasteiger partial charge in [-0.1, -0.05) is 36.8 Å². The van der Waals surface area contributed by atoms with Crippen molar-refractivity contribution in [1.29, 1.82) is 0 Å². The summed E-state index contributed by atoms with van der Waals surface area (Å²) in [5.74, 6) is 0. The zero-order chi connectivity index (χ0) is 11.1. The van der Waals surface area contributed by atoms with Crippen LogP contribution in [0.4, 0.5) is 0 Å². The molecule has 15 heavy (non-hydrogen) atoms. The molecule has 0 spiro atoms. The quantitative estimate of drug-likeness (QED) is 0.751. The number of hydrogen-bond donors (Lipinski definition) is 2. The summed E-state index contributed by atoms with van der Waals surface area (Å²) in [6.07, 6.45) is 1.90. The van der Waals surface area contributed by atoms with Crippen LogP contribution in [0.25, 0.3) is 0 Å². The largest absolute Gasteiger partial charge is 0.396 e. The molecule has 1 aromatic carbocycles. The Kier molecular flexibility index (Phi) is 5.37. The predicted molar refractivity (Wildman–Crippen MR) is 63.9 cm³/mol. The first kappa shape index (κ1) is 12.2. The van der Waals surface area contributed by atoms with Gasteiger partial charge in [0, 0.05) is 12.6 Å². The fourth-order valence-electron chi connectivity index (χ4n) is 1.63. The van der Waals surface area contributed by atoms with Crippen LogP contribution in [0.2, 0.25) is 0 Å². The molecule has 0 heterocycles. The minimum absolute atomic E-state index is 0.231. The van der Waals surface area contributed by atoms with E-state index < -0.39 is 0 Å². The van der Waals surface area contributed by atoms with Gasteiger partial charge < -0.3 is 10.4 Å². The Labute approximate surface area is 92.3 Å². The third kappa shape index (κ3) is 4.02. The molecule has 84 valence electrons. The molecule has 2 nitrogen and oxygen atoms in total. The van der Waals surface area contributed by atoms with Crippen LogP contribution in [0.1, 0.15) is 36.9 Å². The SMILES string of the molecule is CCCNC(CCO)c1ccc(C)cc1. The van der Waals surface area contributed by atoms with E-state index >= 15 is 0 Å². The van der Waals surface area contributed by atoms with E-state index in [1.165, 1.54) is 11.1 Å². The minimum Gasteiger partial charge on any atom is -0.396 e. The van der Waals surface area contributed by atoms with Crippen molar-refractivity contribution in [2.45, 2.75) is 32.7 Å². The van der Waals surface area contributed by atoms with Gasteiger partial charge in [-0.3, -0.25) is 0 Å². The Hall–Kier alpha value is -0.860. The predicted octanol–water partition coefficient (Wildman–Crippen LogP) is 2.42. The van der Waals surface area contributed by atoms with Gasteiger partial charge in [-0.15, -0.1) is 0 Å². The van der Waals surface area contributed by atoms with Crippen molar-refractivity contribution < 1.29 is 5.11 Å². The highest BCUT2D eigenvalue weighted by Crippen LogP contribution is 2.16. The number of aliphatic hydroxyl groups is 1. The van der Waals surface area contributed by atoms with Crippen LogP contribution < -0.4 is 5.32 Å². The average Bonchev–Trinajstić information content (AvgIpc) is 2.25. The average molecular weight is 207 g/mol. The molecule has 0 amide bonds. The van der Waals surface area contributed by atoms with Crippen LogP contribution in [0.15, 0.2) is 24.3 Å². The summed E-state index contributed by atoms with van der Waals surface area (Å²) in [6, 6.07) is 8.80. The second-order valence-electron chi connectivity index (χ2n) is 3.93. The Balaban J connectivity index is 2.65. The van der Waals surface area contributed by atoms with Crippen molar-refractivity contribution in [3.63, 3.8) is 0 Å². The summed E-state index contributed by atoms with van der Waals surface area (Å²) in [7, 11) is 0. The van der Waals surface area contributed by atoms with Gasteiger partial charge in [-0.25, -0.2) is 0 Å². The van der Waals surface area contributed by atoms with Crippen LogP contribution in [-0.2, 0) is 0 Å². The lowest BCUT2D eigenvalue weighted by Crippen LogP contribution is -2.23. The molecular weight excluding hydrogens is 186 g/mol. The van der Waals surface area contributed by atoms with Crippen LogP contribution in [0.3, 0.4) is 0 Å². The molecule has 1 aromatic rings. The topological polar surface area (TPSA) is 32.3 Å². The summed E-state index contributed by atoms with van der Waals surface area (Å²) in [4.78, 5) is 0. The van der Waals surface area contributed by atoms with Crippen molar-refractivity contribution in [1.82, 2.24) is 5.32 Å². The van der Waals surface area contributed by atoms with Gasteiger partial charge >= 0.3 is 0 Å². The molecule has 2 heteroatoms. The molecule has 1 unspecified atom stereocenters. The van der Waals surface area contributed by atoms with Gasteiger partial charge in [0.15, 0.2) is 0 Å². The highest BCUT2D eigenvalue weighted by Gasteiger charge is 2.08. The summed E-state index contributed by atoms with van der Waals surface area (Å²) in [5, 5.41) is 12.5. The smallest absolute Gasteiger partial charge is 0.0449 e. The highest BCUT2D eigenvalue weighted by molar-refractivity contribution is 5.24. The van der Waals surface area contributed by atoms with Crippen molar-refractivity contribution in [3.8, 4) is 0 Å². The monoisotopic (exact) mass is 207 g/mol. The van der Waals surface area contributed by atoms with E-state index in [2.05, 4.69) is 43.4 Å². The van der Waals surface area contributed by atoms with E-state index in [0.717, 1.165) is 19.4 Å². The maximum absolute atomic E-state index is 9.01. The number of aliphatic hydroxyl groups excluding tert-OH is 1. The molecule has 1 rings (SSSR count). The molecule has 0 bridgehead atoms. The Morgan fingerprint density at radius 3 is 2.47 bits per heavy atom. The number of rotatable bonds is 6. The van der Waals surface area contributed by atoms with Crippen LogP contribution in [0, 0.1) is 6.92 Å². The molecule has 0 saturated carbocycles. The lowest BCUT2D eigenvalue weighted by molar-refractivity contribution is 0.265. The maximum Gasteiger partial charge on any atom is 0.0449 e. The van der Waals surface area contributed by atoms with Crippen molar-refractivity contribution in [2.75, 3.05) is 13.2 Å². The number of hydrogen-bond acceptors (Lipinski definition) is 2. The van der Waals surface area contributed by atoms with Crippen molar-refractivity contribution >= 4 is 0 Å². The minimum atomic E-state index is 0.231. The Morgan fingerprint density at radius 2 is 1.93 bits per heavy atom. The molecule has 0 aromatic heterocycles. The molecule has 2 N–H and O–H groups in total. The van der Waals surface area contributed by atoms with Gasteiger partial charge in [0.25, 0.3) is 0 Å². The van der Waals surface area contributed by atoms with Crippen LogP contribution in [0.5, 0.6) is 0 Å². The summed E-state index contributed by atoms with van der Waals surface area (Å²) in [6.45, 7) is 5.47. The molecular formula is C13H21NO. The van der Waals surface area contributed by atoms with Gasteiger partial charge in [0.1, 0.15) is 0 Å². The standard InChI is InChI=1S/C13H21NO/c1-3-9-14-13(8-10-15)12-6-4-11(2)5-7-12/h4-7,13-15H,3,8-10H2,1-2H3. The molecule has 0 aliphatic heterocycles. The third-order valence-electron chi connectivity index (χ3n) is 2.54. The molecule has 0 aliphatic rings. The number of benzene rings is 1. The first-order valence-corrected chi connectivity index (χ1v) is 5.68. The van der Waals surface area contributed by atoms with E-state index in [4.69, 9.17) is 5.11 Å².